The first-order chi connectivity index (χ1) is 14.0. The SMILES string of the molecule is CC(C)(C)[Si](C)(C)OC[C@@]1(CCl)O[C@@H](N2C=CC=NC2)[C@H](Cl)[C@@H]1O[Si](C)(C)C(C)(C)C. The van der Waals surface area contributed by atoms with Gasteiger partial charge in [-0.15, -0.1) is 23.2 Å². The Morgan fingerprint density at radius 3 is 2.13 bits per heavy atom. The van der Waals surface area contributed by atoms with Crippen molar-refractivity contribution >= 4 is 46.1 Å². The van der Waals surface area contributed by atoms with Crippen molar-refractivity contribution in [3.63, 3.8) is 0 Å². The van der Waals surface area contributed by atoms with Crippen LogP contribution in [0, 0.1) is 0 Å². The van der Waals surface area contributed by atoms with Crippen LogP contribution >= 0.6 is 23.2 Å². The van der Waals surface area contributed by atoms with Gasteiger partial charge in [0, 0.05) is 12.4 Å². The fraction of sp³-hybridized carbons (Fsp3) is 0.864. The van der Waals surface area contributed by atoms with Gasteiger partial charge in [-0.05, 0) is 42.3 Å². The zero-order chi connectivity index (χ0) is 23.9. The first-order valence-electron chi connectivity index (χ1n) is 11.1. The normalized spacial score (nSPS) is 30.3. The Kier molecular flexibility index (Phi) is 8.29. The van der Waals surface area contributed by atoms with Gasteiger partial charge in [0.05, 0.1) is 18.6 Å². The molecule has 4 atom stereocenters. The van der Waals surface area contributed by atoms with E-state index in [0.717, 1.165) is 0 Å². The lowest BCUT2D eigenvalue weighted by molar-refractivity contribution is -0.120. The molecule has 0 aromatic heterocycles. The number of rotatable bonds is 7. The molecule has 0 spiro atoms. The number of aliphatic imine (C=N–C) groups is 1. The van der Waals surface area contributed by atoms with Crippen LogP contribution in [0.5, 0.6) is 0 Å². The lowest BCUT2D eigenvalue weighted by Crippen LogP contribution is -2.57. The molecule has 0 radical (unpaired) electrons. The molecule has 2 rings (SSSR count). The van der Waals surface area contributed by atoms with E-state index in [0.29, 0.717) is 13.3 Å². The third-order valence-electron chi connectivity index (χ3n) is 7.41. The molecule has 1 fully saturated rings. The fourth-order valence-corrected chi connectivity index (χ4v) is 6.32. The maximum absolute atomic E-state index is 7.08. The molecular weight excluding hydrogens is 467 g/mol. The van der Waals surface area contributed by atoms with Crippen LogP contribution in [0.1, 0.15) is 41.5 Å². The molecule has 1 saturated heterocycles. The van der Waals surface area contributed by atoms with Gasteiger partial charge < -0.3 is 18.5 Å². The van der Waals surface area contributed by atoms with Crippen LogP contribution in [-0.4, -0.2) is 70.2 Å². The van der Waals surface area contributed by atoms with E-state index in [1.165, 1.54) is 0 Å². The third-order valence-corrected chi connectivity index (χ3v) is 17.2. The van der Waals surface area contributed by atoms with Gasteiger partial charge >= 0.3 is 0 Å². The second-order valence-electron chi connectivity index (χ2n) is 11.8. The molecule has 0 saturated carbocycles. The van der Waals surface area contributed by atoms with Crippen molar-refractivity contribution in [3.05, 3.63) is 12.3 Å². The third kappa shape index (κ3) is 5.79. The van der Waals surface area contributed by atoms with E-state index in [2.05, 4.69) is 72.7 Å². The summed E-state index contributed by atoms with van der Waals surface area (Å²) < 4.78 is 20.2. The van der Waals surface area contributed by atoms with Crippen molar-refractivity contribution in [2.45, 2.75) is 101 Å². The van der Waals surface area contributed by atoms with Gasteiger partial charge in [-0.1, -0.05) is 41.5 Å². The Balaban J connectivity index is 2.39. The van der Waals surface area contributed by atoms with E-state index in [4.69, 9.17) is 36.8 Å². The van der Waals surface area contributed by atoms with Gasteiger partial charge in [0.15, 0.2) is 22.9 Å². The molecule has 0 amide bonds. The predicted octanol–water partition coefficient (Wildman–Crippen LogP) is 6.20. The van der Waals surface area contributed by atoms with Gasteiger partial charge in [-0.25, -0.2) is 0 Å². The fourth-order valence-electron chi connectivity index (χ4n) is 3.07. The lowest BCUT2D eigenvalue weighted by Gasteiger charge is -2.44. The number of hydrogen-bond donors (Lipinski definition) is 0. The molecule has 0 aromatic carbocycles. The average molecular weight is 510 g/mol. The molecule has 180 valence electrons. The molecule has 0 bridgehead atoms. The Hall–Kier alpha value is 0.104. The van der Waals surface area contributed by atoms with Gasteiger partial charge in [0.1, 0.15) is 17.6 Å². The minimum Gasteiger partial charge on any atom is -0.414 e. The molecule has 0 unspecified atom stereocenters. The Labute approximate surface area is 201 Å². The topological polar surface area (TPSA) is 43.3 Å². The van der Waals surface area contributed by atoms with Crippen molar-refractivity contribution in [3.8, 4) is 0 Å². The van der Waals surface area contributed by atoms with Crippen molar-refractivity contribution in [1.29, 1.82) is 0 Å². The van der Waals surface area contributed by atoms with Crippen LogP contribution in [0.25, 0.3) is 0 Å². The highest BCUT2D eigenvalue weighted by Gasteiger charge is 2.59. The second kappa shape index (κ2) is 9.39. The zero-order valence-corrected chi connectivity index (χ0v) is 24.5. The molecule has 2 aliphatic heterocycles. The minimum absolute atomic E-state index is 0.0371. The van der Waals surface area contributed by atoms with Crippen LogP contribution in [0.2, 0.25) is 36.3 Å². The minimum atomic E-state index is -2.14. The lowest BCUT2D eigenvalue weighted by atomic mass is 10.00. The summed E-state index contributed by atoms with van der Waals surface area (Å²) in [4.78, 5) is 6.37. The van der Waals surface area contributed by atoms with Crippen LogP contribution in [0.15, 0.2) is 17.3 Å². The summed E-state index contributed by atoms with van der Waals surface area (Å²) in [5.74, 6) is 0.251. The maximum atomic E-state index is 7.08. The smallest absolute Gasteiger partial charge is 0.192 e. The standard InChI is InChI=1S/C22H42Cl2N2O3Si2/c1-20(2,3)30(7,8)27-15-22(14-23)18(29-31(9,10)21(4,5)6)17(24)19(28-22)26-13-11-12-25-16-26/h11-13,17-19H,14-16H2,1-10H3/t17-,18+,19-,22-/m1/s1. The monoisotopic (exact) mass is 508 g/mol. The van der Waals surface area contributed by atoms with Crippen LogP contribution < -0.4 is 0 Å². The van der Waals surface area contributed by atoms with E-state index in [1.54, 1.807) is 6.21 Å². The number of alkyl halides is 2. The Morgan fingerprint density at radius 1 is 1.10 bits per heavy atom. The van der Waals surface area contributed by atoms with Crippen molar-refractivity contribution in [2.24, 2.45) is 4.99 Å². The van der Waals surface area contributed by atoms with E-state index in [1.807, 2.05) is 17.2 Å². The highest BCUT2D eigenvalue weighted by molar-refractivity contribution is 6.74. The molecule has 2 heterocycles. The largest absolute Gasteiger partial charge is 0.414 e. The summed E-state index contributed by atoms with van der Waals surface area (Å²) in [6.07, 6.45) is 4.89. The summed E-state index contributed by atoms with van der Waals surface area (Å²) in [5, 5.41) is -0.275. The summed E-state index contributed by atoms with van der Waals surface area (Å²) in [6, 6.07) is 0. The van der Waals surface area contributed by atoms with Gasteiger partial charge in [0.2, 0.25) is 0 Å². The summed E-state index contributed by atoms with van der Waals surface area (Å²) in [7, 11) is -4.16. The van der Waals surface area contributed by atoms with Gasteiger partial charge in [-0.2, -0.15) is 0 Å². The molecule has 9 heteroatoms. The second-order valence-corrected chi connectivity index (χ2v) is 22.2. The molecule has 5 nitrogen and oxygen atoms in total. The predicted molar refractivity (Wildman–Crippen MR) is 138 cm³/mol. The molecular formula is C22H42Cl2N2O3Si2. The number of hydrogen-bond acceptors (Lipinski definition) is 5. The van der Waals surface area contributed by atoms with E-state index < -0.39 is 27.6 Å². The van der Waals surface area contributed by atoms with E-state index in [-0.39, 0.29) is 28.3 Å². The first-order valence-corrected chi connectivity index (χ1v) is 17.9. The Morgan fingerprint density at radius 2 is 1.68 bits per heavy atom. The van der Waals surface area contributed by atoms with Gasteiger partial charge in [0.25, 0.3) is 0 Å². The highest BCUT2D eigenvalue weighted by Crippen LogP contribution is 2.46. The number of ether oxygens (including phenoxy) is 1. The molecule has 0 aromatic rings. The van der Waals surface area contributed by atoms with E-state index in [9.17, 15) is 0 Å². The molecule has 31 heavy (non-hydrogen) atoms. The number of allylic oxidation sites excluding steroid dienone is 1. The quantitative estimate of drug-likeness (QED) is 0.303. The maximum Gasteiger partial charge on any atom is 0.192 e. The molecule has 0 N–H and O–H groups in total. The van der Waals surface area contributed by atoms with Crippen molar-refractivity contribution in [1.82, 2.24) is 4.90 Å². The first kappa shape index (κ1) is 27.3. The highest BCUT2D eigenvalue weighted by atomic mass is 35.5. The van der Waals surface area contributed by atoms with Crippen LogP contribution in [0.3, 0.4) is 0 Å². The van der Waals surface area contributed by atoms with E-state index >= 15 is 0 Å². The van der Waals surface area contributed by atoms with Crippen LogP contribution in [-0.2, 0) is 13.6 Å². The summed E-state index contributed by atoms with van der Waals surface area (Å²) >= 11 is 13.7. The molecule has 2 aliphatic rings. The average Bonchev–Trinajstić information content (AvgIpc) is 2.92. The van der Waals surface area contributed by atoms with Gasteiger partial charge in [-0.3, -0.25) is 4.99 Å². The summed E-state index contributed by atoms with van der Waals surface area (Å²) in [5.41, 5.74) is -0.821. The van der Waals surface area contributed by atoms with Crippen LogP contribution in [0.4, 0.5) is 0 Å². The molecule has 0 aliphatic carbocycles. The zero-order valence-electron chi connectivity index (χ0n) is 21.0. The number of nitrogens with zero attached hydrogens (tertiary/aromatic N) is 2. The van der Waals surface area contributed by atoms with Crippen molar-refractivity contribution in [2.75, 3.05) is 19.2 Å². The Bertz CT molecular complexity index is 689. The summed E-state index contributed by atoms with van der Waals surface area (Å²) in [6.45, 7) is 23.2. The van der Waals surface area contributed by atoms with Crippen molar-refractivity contribution < 1.29 is 13.6 Å². The number of halogens is 2.